The summed E-state index contributed by atoms with van der Waals surface area (Å²) in [6.07, 6.45) is 4.51. The Labute approximate surface area is 197 Å². The second kappa shape index (κ2) is 8.76. The first-order valence-corrected chi connectivity index (χ1v) is 13.5. The first kappa shape index (κ1) is 22.4. The molecule has 0 aromatic heterocycles. The highest BCUT2D eigenvalue weighted by molar-refractivity contribution is 8.06. The number of aryl methyl sites for hydroxylation is 1. The minimum Gasteiger partial charge on any atom is -0.370 e. The smallest absolute Gasteiger partial charge is 0.344 e. The minimum absolute atomic E-state index is 0.0650. The number of likely N-dealkylation sites (tertiary alicyclic amines) is 1. The van der Waals surface area contributed by atoms with Crippen molar-refractivity contribution in [2.24, 2.45) is 0 Å². The largest absolute Gasteiger partial charge is 0.370 e. The van der Waals surface area contributed by atoms with Gasteiger partial charge in [0.05, 0.1) is 4.90 Å². The summed E-state index contributed by atoms with van der Waals surface area (Å²) in [5.41, 5.74) is 4.47. The van der Waals surface area contributed by atoms with Gasteiger partial charge in [-0.3, -0.25) is 9.69 Å². The molecule has 3 aliphatic rings. The molecule has 0 bridgehead atoms. The summed E-state index contributed by atoms with van der Waals surface area (Å²) < 4.78 is 25.7. The van der Waals surface area contributed by atoms with E-state index in [9.17, 15) is 13.2 Å². The average molecular weight is 468 g/mol. The summed E-state index contributed by atoms with van der Waals surface area (Å²) in [6, 6.07) is 14.3. The van der Waals surface area contributed by atoms with Gasteiger partial charge in [0, 0.05) is 44.0 Å². The van der Waals surface area contributed by atoms with Gasteiger partial charge in [-0.2, -0.15) is 0 Å². The highest BCUT2D eigenvalue weighted by Gasteiger charge is 2.34. The number of anilines is 1. The maximum absolute atomic E-state index is 12.9. The molecule has 3 aliphatic heterocycles. The Kier molecular flexibility index (Phi) is 5.95. The van der Waals surface area contributed by atoms with Crippen molar-refractivity contribution in [3.8, 4) is 0 Å². The van der Waals surface area contributed by atoms with Crippen LogP contribution in [0.3, 0.4) is 0 Å². The molecule has 6 nitrogen and oxygen atoms in total. The van der Waals surface area contributed by atoms with Crippen molar-refractivity contribution < 1.29 is 13.2 Å². The fourth-order valence-corrected chi connectivity index (χ4v) is 6.82. The van der Waals surface area contributed by atoms with E-state index < -0.39 is 15.1 Å². The summed E-state index contributed by atoms with van der Waals surface area (Å²) in [5.74, 6) is 0. The third-order valence-corrected chi connectivity index (χ3v) is 9.23. The molecule has 0 radical (unpaired) electrons. The van der Waals surface area contributed by atoms with Gasteiger partial charge in [0.2, 0.25) is 0 Å². The zero-order chi connectivity index (χ0) is 23.2. The van der Waals surface area contributed by atoms with Crippen molar-refractivity contribution in [2.75, 3.05) is 31.1 Å². The van der Waals surface area contributed by atoms with Gasteiger partial charge in [-0.15, -0.1) is 0 Å². The quantitative estimate of drug-likeness (QED) is 0.683. The molecule has 0 spiro atoms. The van der Waals surface area contributed by atoms with Crippen molar-refractivity contribution >= 4 is 20.8 Å². The fourth-order valence-electron chi connectivity index (χ4n) is 5.63. The average Bonchev–Trinajstić information content (AvgIpc) is 3.47. The van der Waals surface area contributed by atoms with Crippen LogP contribution in [0.4, 0.5) is 10.5 Å². The Hall–Kier alpha value is -2.38. The van der Waals surface area contributed by atoms with E-state index in [4.69, 9.17) is 0 Å². The van der Waals surface area contributed by atoms with Crippen molar-refractivity contribution in [1.82, 2.24) is 9.80 Å². The highest BCUT2D eigenvalue weighted by Crippen LogP contribution is 2.31. The third kappa shape index (κ3) is 4.28. The van der Waals surface area contributed by atoms with Crippen molar-refractivity contribution in [2.45, 2.75) is 63.1 Å². The van der Waals surface area contributed by atoms with Gasteiger partial charge in [0.25, 0.3) is 9.84 Å². The molecule has 0 aliphatic carbocycles. The number of fused-ring (bicyclic) bond motifs is 1. The molecule has 2 aromatic carbocycles. The lowest BCUT2D eigenvalue weighted by molar-refractivity contribution is 0.204. The standard InChI is InChI=1S/C26H33N3O3S/c1-19-5-9-25(10-6-19)33(31,32)26(30)28-14-11-21-16-23(8-7-22(21)17-28)27-15-12-24(18-27)29-13-3-4-20(29)2/h5-10,16,20,24H,3-4,11-15,17-18H2,1-2H3/t20-,24-/m0/s1. The molecule has 0 unspecified atom stereocenters. The molecule has 2 fully saturated rings. The molecule has 2 aromatic rings. The van der Waals surface area contributed by atoms with Crippen molar-refractivity contribution in [1.29, 1.82) is 0 Å². The minimum atomic E-state index is -4.02. The van der Waals surface area contributed by atoms with Crippen LogP contribution in [0.1, 0.15) is 42.9 Å². The Morgan fingerprint density at radius 3 is 2.48 bits per heavy atom. The lowest BCUT2D eigenvalue weighted by atomic mass is 9.99. The SMILES string of the molecule is Cc1ccc(S(=O)(=O)C(=O)N2CCc3cc(N4CC[C@H](N5CCC[C@@H]5C)C4)ccc3C2)cc1. The van der Waals surface area contributed by atoms with E-state index in [-0.39, 0.29) is 4.90 Å². The Morgan fingerprint density at radius 1 is 0.970 bits per heavy atom. The van der Waals surface area contributed by atoms with Crippen LogP contribution < -0.4 is 4.90 Å². The zero-order valence-electron chi connectivity index (χ0n) is 19.5. The first-order chi connectivity index (χ1) is 15.8. The van der Waals surface area contributed by atoms with Crippen LogP contribution in [0, 0.1) is 6.92 Å². The van der Waals surface area contributed by atoms with Gasteiger partial charge >= 0.3 is 5.24 Å². The molecule has 176 valence electrons. The van der Waals surface area contributed by atoms with Crippen LogP contribution in [0.25, 0.3) is 0 Å². The molecule has 2 atom stereocenters. The van der Waals surface area contributed by atoms with Crippen molar-refractivity contribution in [3.05, 3.63) is 59.2 Å². The van der Waals surface area contributed by atoms with Gasteiger partial charge < -0.3 is 9.80 Å². The molecule has 7 heteroatoms. The Balaban J connectivity index is 1.27. The summed E-state index contributed by atoms with van der Waals surface area (Å²) in [6.45, 7) is 8.37. The lowest BCUT2D eigenvalue weighted by Gasteiger charge is -2.31. The van der Waals surface area contributed by atoms with Crippen LogP contribution in [0.2, 0.25) is 0 Å². The van der Waals surface area contributed by atoms with E-state index in [1.165, 1.54) is 54.1 Å². The molecule has 0 saturated carbocycles. The normalized spacial score (nSPS) is 23.7. The maximum atomic E-state index is 12.9. The van der Waals surface area contributed by atoms with E-state index in [0.717, 1.165) is 24.2 Å². The van der Waals surface area contributed by atoms with Crippen LogP contribution in [-0.4, -0.2) is 61.7 Å². The maximum Gasteiger partial charge on any atom is 0.344 e. The van der Waals surface area contributed by atoms with E-state index in [2.05, 4.69) is 34.9 Å². The fraction of sp³-hybridized carbons (Fsp3) is 0.500. The number of rotatable bonds is 3. The van der Waals surface area contributed by atoms with Gasteiger partial charge in [0.15, 0.2) is 0 Å². The predicted molar refractivity (Wildman–Crippen MR) is 130 cm³/mol. The third-order valence-electron chi connectivity index (χ3n) is 7.62. The molecular formula is C26H33N3O3S. The second-order valence-corrected chi connectivity index (χ2v) is 11.7. The second-order valence-electron chi connectivity index (χ2n) is 9.82. The predicted octanol–water partition coefficient (Wildman–Crippen LogP) is 4.01. The number of benzene rings is 2. The van der Waals surface area contributed by atoms with E-state index in [1.54, 1.807) is 12.1 Å². The van der Waals surface area contributed by atoms with E-state index in [0.29, 0.717) is 31.6 Å². The van der Waals surface area contributed by atoms with Crippen molar-refractivity contribution in [3.63, 3.8) is 0 Å². The number of hydrogen-bond acceptors (Lipinski definition) is 5. The lowest BCUT2D eigenvalue weighted by Crippen LogP contribution is -2.40. The molecule has 1 amide bonds. The summed E-state index contributed by atoms with van der Waals surface area (Å²) >= 11 is 0. The van der Waals surface area contributed by atoms with Gasteiger partial charge in [-0.05, 0) is 81.5 Å². The number of carbonyl (C=O) groups excluding carboxylic acids is 1. The van der Waals surface area contributed by atoms with Crippen LogP contribution in [-0.2, 0) is 22.8 Å². The summed E-state index contributed by atoms with van der Waals surface area (Å²) in [5, 5.41) is -0.803. The van der Waals surface area contributed by atoms with Gasteiger partial charge in [-0.25, -0.2) is 8.42 Å². The highest BCUT2D eigenvalue weighted by atomic mass is 32.2. The molecule has 2 saturated heterocycles. The molecule has 33 heavy (non-hydrogen) atoms. The molecule has 0 N–H and O–H groups in total. The number of hydrogen-bond donors (Lipinski definition) is 0. The van der Waals surface area contributed by atoms with E-state index >= 15 is 0 Å². The topological polar surface area (TPSA) is 60.9 Å². The number of amides is 1. The Morgan fingerprint density at radius 2 is 1.76 bits per heavy atom. The van der Waals surface area contributed by atoms with Crippen LogP contribution >= 0.6 is 0 Å². The number of nitrogens with zero attached hydrogens (tertiary/aromatic N) is 3. The first-order valence-electron chi connectivity index (χ1n) is 12.1. The molecule has 5 rings (SSSR count). The number of sulfone groups is 1. The molecular weight excluding hydrogens is 434 g/mol. The summed E-state index contributed by atoms with van der Waals surface area (Å²) in [4.78, 5) is 19.6. The monoisotopic (exact) mass is 467 g/mol. The Bertz CT molecular complexity index is 1150. The zero-order valence-corrected chi connectivity index (χ0v) is 20.4. The van der Waals surface area contributed by atoms with Gasteiger partial charge in [-0.1, -0.05) is 23.8 Å². The van der Waals surface area contributed by atoms with Crippen LogP contribution in [0.15, 0.2) is 47.4 Å². The van der Waals surface area contributed by atoms with Crippen LogP contribution in [0.5, 0.6) is 0 Å². The molecule has 3 heterocycles. The van der Waals surface area contributed by atoms with E-state index in [1.807, 2.05) is 6.92 Å². The summed E-state index contributed by atoms with van der Waals surface area (Å²) in [7, 11) is -4.02. The number of carbonyl (C=O) groups is 1. The van der Waals surface area contributed by atoms with Gasteiger partial charge in [0.1, 0.15) is 0 Å².